The van der Waals surface area contributed by atoms with Gasteiger partial charge in [0.15, 0.2) is 0 Å². The first-order valence-electron chi connectivity index (χ1n) is 5.88. The van der Waals surface area contributed by atoms with E-state index in [1.807, 2.05) is 0 Å². The van der Waals surface area contributed by atoms with Crippen LogP contribution in [0, 0.1) is 0 Å². The molecule has 2 rings (SSSR count). The first kappa shape index (κ1) is 13.4. The summed E-state index contributed by atoms with van der Waals surface area (Å²) in [6.45, 7) is 0.764. The highest BCUT2D eigenvalue weighted by atomic mass is 16.5. The normalized spacial score (nSPS) is 10.5. The number of aryl methyl sites for hydroxylation is 1. The zero-order valence-electron chi connectivity index (χ0n) is 10.6. The smallest absolute Gasteiger partial charge is 0.488 e. The molecule has 2 N–H and O–H groups in total. The van der Waals surface area contributed by atoms with Crippen LogP contribution >= 0.6 is 0 Å². The van der Waals surface area contributed by atoms with Crippen LogP contribution in [0.5, 0.6) is 5.75 Å². The Labute approximate surface area is 110 Å². The van der Waals surface area contributed by atoms with Gasteiger partial charge >= 0.3 is 12.8 Å². The summed E-state index contributed by atoms with van der Waals surface area (Å²) in [6.07, 6.45) is 3.38. The highest BCUT2D eigenvalue weighted by Crippen LogP contribution is 2.07. The van der Waals surface area contributed by atoms with Gasteiger partial charge in [0, 0.05) is 19.4 Å². The van der Waals surface area contributed by atoms with Crippen molar-refractivity contribution in [2.24, 2.45) is 7.05 Å². The van der Waals surface area contributed by atoms with Crippen LogP contribution in [0.3, 0.4) is 0 Å². The number of benzene rings is 1. The number of hydrogen-bond acceptors (Lipinski definition) is 4. The van der Waals surface area contributed by atoms with E-state index in [-0.39, 0.29) is 5.69 Å². The molecule has 0 amide bonds. The van der Waals surface area contributed by atoms with Gasteiger partial charge in [0.1, 0.15) is 12.4 Å². The van der Waals surface area contributed by atoms with Crippen LogP contribution in [0.2, 0.25) is 0 Å². The summed E-state index contributed by atoms with van der Waals surface area (Å²) >= 11 is 0. The Morgan fingerprint density at radius 2 is 2.11 bits per heavy atom. The highest BCUT2D eigenvalue weighted by Gasteiger charge is 2.11. The Balaban J connectivity index is 1.94. The minimum atomic E-state index is -1.51. The number of ether oxygens (including phenoxy) is 1. The molecule has 2 aromatic rings. The highest BCUT2D eigenvalue weighted by molar-refractivity contribution is 6.58. The second-order valence-corrected chi connectivity index (χ2v) is 4.18. The first-order valence-corrected chi connectivity index (χ1v) is 5.88. The van der Waals surface area contributed by atoms with Gasteiger partial charge in [-0.15, -0.1) is 0 Å². The van der Waals surface area contributed by atoms with Crippen LogP contribution in [-0.2, 0) is 13.6 Å². The lowest BCUT2D eigenvalue weighted by Crippen LogP contribution is -2.29. The monoisotopic (exact) mass is 262 g/mol. The molecule has 19 heavy (non-hydrogen) atoms. The summed E-state index contributed by atoms with van der Waals surface area (Å²) in [4.78, 5) is 11.6. The second-order valence-electron chi connectivity index (χ2n) is 4.18. The quantitative estimate of drug-likeness (QED) is 0.674. The average molecular weight is 262 g/mol. The summed E-state index contributed by atoms with van der Waals surface area (Å²) in [5.41, 5.74) is 0.275. The number of imidazole rings is 1. The van der Waals surface area contributed by atoms with Gasteiger partial charge in [0.05, 0.1) is 6.54 Å². The lowest BCUT2D eigenvalue weighted by molar-refractivity contribution is 0.296. The molecule has 0 bridgehead atoms. The fourth-order valence-corrected chi connectivity index (χ4v) is 1.71. The van der Waals surface area contributed by atoms with Crippen molar-refractivity contribution in [1.82, 2.24) is 9.13 Å². The third-order valence-electron chi connectivity index (χ3n) is 2.77. The van der Waals surface area contributed by atoms with Gasteiger partial charge < -0.3 is 19.4 Å². The number of aromatic nitrogens is 2. The fourth-order valence-electron chi connectivity index (χ4n) is 1.71. The van der Waals surface area contributed by atoms with Crippen LogP contribution in [0.1, 0.15) is 0 Å². The molecule has 0 saturated carbocycles. The lowest BCUT2D eigenvalue weighted by atomic mass is 9.80. The summed E-state index contributed by atoms with van der Waals surface area (Å²) in [5.74, 6) is 0.537. The van der Waals surface area contributed by atoms with Gasteiger partial charge in [-0.25, -0.2) is 4.79 Å². The van der Waals surface area contributed by atoms with Gasteiger partial charge in [-0.1, -0.05) is 12.1 Å². The Morgan fingerprint density at radius 3 is 2.74 bits per heavy atom. The molecule has 0 aliphatic rings. The predicted octanol–water partition coefficient (Wildman–Crippen LogP) is -1.05. The molecule has 0 aliphatic heterocycles. The molecule has 7 heteroatoms. The van der Waals surface area contributed by atoms with Crippen molar-refractivity contribution in [2.45, 2.75) is 6.54 Å². The van der Waals surface area contributed by atoms with Crippen LogP contribution in [0.4, 0.5) is 0 Å². The van der Waals surface area contributed by atoms with Crippen molar-refractivity contribution in [1.29, 1.82) is 0 Å². The molecule has 1 heterocycles. The number of rotatable bonds is 5. The van der Waals surface area contributed by atoms with E-state index < -0.39 is 7.12 Å². The number of nitrogens with zero attached hydrogens (tertiary/aromatic N) is 2. The maximum Gasteiger partial charge on any atom is 0.488 e. The van der Waals surface area contributed by atoms with E-state index >= 15 is 0 Å². The molecule has 0 saturated heterocycles. The minimum absolute atomic E-state index is 0.0943. The molecular formula is C12H15BN2O4. The predicted molar refractivity (Wildman–Crippen MR) is 71.4 cm³/mol. The van der Waals surface area contributed by atoms with Crippen molar-refractivity contribution in [3.63, 3.8) is 0 Å². The zero-order valence-corrected chi connectivity index (χ0v) is 10.6. The van der Waals surface area contributed by atoms with Crippen LogP contribution in [-0.4, -0.2) is 32.9 Å². The van der Waals surface area contributed by atoms with Crippen molar-refractivity contribution in [3.05, 3.63) is 47.1 Å². The van der Waals surface area contributed by atoms with E-state index in [1.165, 1.54) is 4.57 Å². The summed E-state index contributed by atoms with van der Waals surface area (Å²) in [6, 6.07) is 6.55. The summed E-state index contributed by atoms with van der Waals surface area (Å²) < 4.78 is 8.51. The maximum absolute atomic E-state index is 11.6. The van der Waals surface area contributed by atoms with Crippen molar-refractivity contribution in [2.75, 3.05) is 6.61 Å². The van der Waals surface area contributed by atoms with E-state index in [9.17, 15) is 4.79 Å². The molecule has 1 aromatic heterocycles. The Morgan fingerprint density at radius 1 is 1.32 bits per heavy atom. The molecule has 0 atom stereocenters. The topological polar surface area (TPSA) is 76.6 Å². The molecular weight excluding hydrogens is 247 g/mol. The zero-order chi connectivity index (χ0) is 13.8. The standard InChI is InChI=1S/C12H15BN2O4/c1-14-5-6-15(12(14)16)7-8-19-11-4-2-3-10(9-11)13(17)18/h2-6,9,17-18H,7-8H2,1H3. The van der Waals surface area contributed by atoms with Gasteiger partial charge in [-0.3, -0.25) is 4.57 Å². The largest absolute Gasteiger partial charge is 0.492 e. The molecule has 0 radical (unpaired) electrons. The molecule has 6 nitrogen and oxygen atoms in total. The van der Waals surface area contributed by atoms with Gasteiger partial charge in [-0.05, 0) is 17.6 Å². The van der Waals surface area contributed by atoms with E-state index in [4.69, 9.17) is 14.8 Å². The number of hydrogen-bond donors (Lipinski definition) is 2. The summed E-state index contributed by atoms with van der Waals surface area (Å²) in [7, 11) is 0.173. The van der Waals surface area contributed by atoms with Crippen molar-refractivity contribution >= 4 is 12.6 Å². The van der Waals surface area contributed by atoms with Crippen molar-refractivity contribution < 1.29 is 14.8 Å². The molecule has 1 aromatic carbocycles. The SMILES string of the molecule is Cn1ccn(CCOc2cccc(B(O)O)c2)c1=O. The third kappa shape index (κ3) is 3.27. The second kappa shape index (κ2) is 5.77. The van der Waals surface area contributed by atoms with Crippen LogP contribution in [0.15, 0.2) is 41.5 Å². The fraction of sp³-hybridized carbons (Fsp3) is 0.250. The molecule has 0 aliphatic carbocycles. The maximum atomic E-state index is 11.6. The minimum Gasteiger partial charge on any atom is -0.492 e. The first-order chi connectivity index (χ1) is 9.08. The van der Waals surface area contributed by atoms with E-state index in [0.29, 0.717) is 24.4 Å². The Kier molecular flexibility index (Phi) is 4.08. The molecule has 0 unspecified atom stereocenters. The third-order valence-corrected chi connectivity index (χ3v) is 2.77. The molecule has 0 spiro atoms. The molecule has 100 valence electrons. The van der Waals surface area contributed by atoms with Crippen LogP contribution < -0.4 is 15.9 Å². The molecule has 0 fully saturated rings. The van der Waals surface area contributed by atoms with E-state index in [0.717, 1.165) is 0 Å². The van der Waals surface area contributed by atoms with Crippen LogP contribution in [0.25, 0.3) is 0 Å². The van der Waals surface area contributed by atoms with Gasteiger partial charge in [0.25, 0.3) is 0 Å². The van der Waals surface area contributed by atoms with E-state index in [2.05, 4.69) is 0 Å². The van der Waals surface area contributed by atoms with E-state index in [1.54, 1.807) is 48.3 Å². The van der Waals surface area contributed by atoms with Gasteiger partial charge in [0.2, 0.25) is 0 Å². The Bertz CT molecular complexity index is 606. The van der Waals surface area contributed by atoms with Crippen molar-refractivity contribution in [3.8, 4) is 5.75 Å². The average Bonchev–Trinajstić information content (AvgIpc) is 2.71. The Hall–Kier alpha value is -1.99. The van der Waals surface area contributed by atoms with Gasteiger partial charge in [-0.2, -0.15) is 0 Å². The lowest BCUT2D eigenvalue weighted by Gasteiger charge is -2.08. The summed E-state index contributed by atoms with van der Waals surface area (Å²) in [5, 5.41) is 18.1.